The number of esters is 1. The Morgan fingerprint density at radius 1 is 0.909 bits per heavy atom. The number of hydrogen-bond donors (Lipinski definition) is 1. The van der Waals surface area contributed by atoms with E-state index in [-0.39, 0.29) is 35.0 Å². The second kappa shape index (κ2) is 12.4. The average Bonchev–Trinajstić information content (AvgIpc) is 3.06. The molecular formula is C33H29N3O7S. The van der Waals surface area contributed by atoms with Gasteiger partial charge in [0.25, 0.3) is 5.91 Å². The van der Waals surface area contributed by atoms with Gasteiger partial charge in [-0.15, -0.1) is 0 Å². The van der Waals surface area contributed by atoms with Crippen LogP contribution in [0.3, 0.4) is 0 Å². The molecule has 1 aliphatic heterocycles. The van der Waals surface area contributed by atoms with Crippen molar-refractivity contribution in [3.8, 4) is 17.0 Å². The molecule has 1 N–H and O–H groups in total. The third-order valence-corrected chi connectivity index (χ3v) is 9.28. The van der Waals surface area contributed by atoms with Crippen molar-refractivity contribution in [3.63, 3.8) is 0 Å². The Bertz CT molecular complexity index is 1980. The number of methoxy groups -OCH3 is 1. The van der Waals surface area contributed by atoms with Gasteiger partial charge in [0.05, 0.1) is 47.7 Å². The zero-order valence-electron chi connectivity index (χ0n) is 23.9. The number of pyridine rings is 1. The number of benzene rings is 4. The van der Waals surface area contributed by atoms with Crippen LogP contribution in [0.2, 0.25) is 0 Å². The molecule has 1 fully saturated rings. The summed E-state index contributed by atoms with van der Waals surface area (Å²) in [6, 6.07) is 26.9. The van der Waals surface area contributed by atoms with E-state index in [1.807, 2.05) is 54.6 Å². The number of sulfonamides is 1. The van der Waals surface area contributed by atoms with E-state index >= 15 is 0 Å². The normalized spacial score (nSPS) is 13.9. The van der Waals surface area contributed by atoms with Crippen molar-refractivity contribution in [1.29, 1.82) is 0 Å². The van der Waals surface area contributed by atoms with Gasteiger partial charge < -0.3 is 19.5 Å². The zero-order chi connectivity index (χ0) is 30.7. The van der Waals surface area contributed by atoms with Crippen molar-refractivity contribution in [2.75, 3.05) is 45.3 Å². The monoisotopic (exact) mass is 611 g/mol. The van der Waals surface area contributed by atoms with E-state index in [0.29, 0.717) is 29.8 Å². The fraction of sp³-hybridized carbons (Fsp3) is 0.182. The molecule has 0 bridgehead atoms. The quantitative estimate of drug-likeness (QED) is 0.246. The fourth-order valence-corrected chi connectivity index (χ4v) is 6.64. The highest BCUT2D eigenvalue weighted by molar-refractivity contribution is 7.89. The van der Waals surface area contributed by atoms with Gasteiger partial charge in [0.2, 0.25) is 10.0 Å². The first-order valence-corrected chi connectivity index (χ1v) is 15.4. The Labute approximate surface area is 254 Å². The Hall–Kier alpha value is -4.84. The van der Waals surface area contributed by atoms with Crippen molar-refractivity contribution in [2.45, 2.75) is 4.90 Å². The number of ether oxygens (including phenoxy) is 3. The molecule has 1 amide bonds. The lowest BCUT2D eigenvalue weighted by Crippen LogP contribution is -2.40. The maximum atomic E-state index is 13.4. The van der Waals surface area contributed by atoms with Gasteiger partial charge in [0.15, 0.2) is 6.61 Å². The van der Waals surface area contributed by atoms with Crippen LogP contribution in [0, 0.1) is 0 Å². The maximum absolute atomic E-state index is 13.4. The molecule has 2 heterocycles. The molecule has 0 atom stereocenters. The number of rotatable bonds is 8. The van der Waals surface area contributed by atoms with Crippen LogP contribution in [0.1, 0.15) is 10.4 Å². The molecule has 6 rings (SSSR count). The third-order valence-electron chi connectivity index (χ3n) is 7.39. The summed E-state index contributed by atoms with van der Waals surface area (Å²) in [5, 5.41) is 5.23. The Morgan fingerprint density at radius 3 is 2.43 bits per heavy atom. The lowest BCUT2D eigenvalue weighted by atomic mass is 9.99. The number of nitrogens with one attached hydrogen (secondary N) is 1. The summed E-state index contributed by atoms with van der Waals surface area (Å²) in [6.07, 6.45) is 0. The first kappa shape index (κ1) is 29.2. The minimum absolute atomic E-state index is 0.00304. The highest BCUT2D eigenvalue weighted by Crippen LogP contribution is 2.32. The number of para-hydroxylation sites is 1. The van der Waals surface area contributed by atoms with Gasteiger partial charge in [0, 0.05) is 24.0 Å². The molecule has 1 aromatic heterocycles. The lowest BCUT2D eigenvalue weighted by Gasteiger charge is -2.26. The van der Waals surface area contributed by atoms with Crippen LogP contribution in [-0.2, 0) is 24.3 Å². The first-order chi connectivity index (χ1) is 21.3. The molecule has 0 radical (unpaired) electrons. The Balaban J connectivity index is 1.23. The van der Waals surface area contributed by atoms with Crippen LogP contribution < -0.4 is 10.1 Å². The highest BCUT2D eigenvalue weighted by Gasteiger charge is 2.27. The van der Waals surface area contributed by atoms with Gasteiger partial charge >= 0.3 is 5.97 Å². The fourth-order valence-electron chi connectivity index (χ4n) is 5.21. The van der Waals surface area contributed by atoms with E-state index < -0.39 is 28.5 Å². The van der Waals surface area contributed by atoms with E-state index in [2.05, 4.69) is 5.32 Å². The van der Waals surface area contributed by atoms with Crippen molar-refractivity contribution in [2.24, 2.45) is 0 Å². The van der Waals surface area contributed by atoms with Crippen LogP contribution in [-0.4, -0.2) is 69.6 Å². The smallest absolute Gasteiger partial charge is 0.339 e. The van der Waals surface area contributed by atoms with Crippen molar-refractivity contribution in [3.05, 3.63) is 96.6 Å². The number of aromatic nitrogens is 1. The third kappa shape index (κ3) is 5.85. The van der Waals surface area contributed by atoms with E-state index in [4.69, 9.17) is 19.2 Å². The molecular weight excluding hydrogens is 582 g/mol. The summed E-state index contributed by atoms with van der Waals surface area (Å²) >= 11 is 0. The molecule has 0 saturated carbocycles. The van der Waals surface area contributed by atoms with Gasteiger partial charge in [0.1, 0.15) is 5.75 Å². The first-order valence-electron chi connectivity index (χ1n) is 14.0. The SMILES string of the molecule is COc1ccc(S(=O)(=O)N2CCOCC2)cc1NC(=O)COC(=O)c1cc(-c2cccc3ccccc23)nc2ccccc12. The average molecular weight is 612 g/mol. The number of hydrogen-bond acceptors (Lipinski definition) is 8. The number of amides is 1. The molecule has 0 aliphatic carbocycles. The minimum atomic E-state index is -3.81. The summed E-state index contributed by atoms with van der Waals surface area (Å²) in [5.74, 6) is -1.11. The summed E-state index contributed by atoms with van der Waals surface area (Å²) in [4.78, 5) is 31.1. The van der Waals surface area contributed by atoms with Crippen LogP contribution in [0.5, 0.6) is 5.75 Å². The topological polar surface area (TPSA) is 124 Å². The molecule has 10 nitrogen and oxygen atoms in total. The second-order valence-corrected chi connectivity index (χ2v) is 12.0. The molecule has 5 aromatic rings. The zero-order valence-corrected chi connectivity index (χ0v) is 24.7. The molecule has 224 valence electrons. The number of morpholine rings is 1. The van der Waals surface area contributed by atoms with Crippen LogP contribution in [0.4, 0.5) is 5.69 Å². The molecule has 44 heavy (non-hydrogen) atoms. The number of anilines is 1. The van der Waals surface area contributed by atoms with Crippen LogP contribution in [0.15, 0.2) is 95.9 Å². The predicted octanol–water partition coefficient (Wildman–Crippen LogP) is 4.88. The Morgan fingerprint density at radius 2 is 1.64 bits per heavy atom. The maximum Gasteiger partial charge on any atom is 0.339 e. The summed E-state index contributed by atoms with van der Waals surface area (Å²) in [6.45, 7) is 0.472. The van der Waals surface area contributed by atoms with E-state index in [9.17, 15) is 18.0 Å². The molecule has 0 spiro atoms. The molecule has 1 aliphatic rings. The van der Waals surface area contributed by atoms with Gasteiger partial charge in [-0.25, -0.2) is 18.2 Å². The van der Waals surface area contributed by atoms with E-state index in [1.54, 1.807) is 18.2 Å². The predicted molar refractivity (Wildman–Crippen MR) is 166 cm³/mol. The summed E-state index contributed by atoms with van der Waals surface area (Å²) in [7, 11) is -2.41. The van der Waals surface area contributed by atoms with Gasteiger partial charge in [-0.1, -0.05) is 60.7 Å². The number of carbonyl (C=O) groups excluding carboxylic acids is 2. The van der Waals surface area contributed by atoms with Gasteiger partial charge in [-0.05, 0) is 41.1 Å². The van der Waals surface area contributed by atoms with Crippen molar-refractivity contribution >= 4 is 49.3 Å². The van der Waals surface area contributed by atoms with Crippen LogP contribution in [0.25, 0.3) is 32.9 Å². The summed E-state index contributed by atoms with van der Waals surface area (Å²) in [5.41, 5.74) is 2.47. The highest BCUT2D eigenvalue weighted by atomic mass is 32.2. The largest absolute Gasteiger partial charge is 0.495 e. The minimum Gasteiger partial charge on any atom is -0.495 e. The van der Waals surface area contributed by atoms with Crippen molar-refractivity contribution < 1.29 is 32.2 Å². The number of nitrogens with zero attached hydrogens (tertiary/aromatic N) is 2. The molecule has 11 heteroatoms. The van der Waals surface area contributed by atoms with Gasteiger partial charge in [-0.3, -0.25) is 4.79 Å². The second-order valence-electron chi connectivity index (χ2n) is 10.1. The number of carbonyl (C=O) groups is 2. The molecule has 1 saturated heterocycles. The molecule has 0 unspecified atom stereocenters. The summed E-state index contributed by atoms with van der Waals surface area (Å²) < 4.78 is 43.7. The van der Waals surface area contributed by atoms with Gasteiger partial charge in [-0.2, -0.15) is 4.31 Å². The van der Waals surface area contributed by atoms with E-state index in [0.717, 1.165) is 16.3 Å². The molecule has 4 aromatic carbocycles. The van der Waals surface area contributed by atoms with E-state index in [1.165, 1.54) is 29.6 Å². The number of fused-ring (bicyclic) bond motifs is 2. The van der Waals surface area contributed by atoms with Crippen molar-refractivity contribution in [1.82, 2.24) is 9.29 Å². The van der Waals surface area contributed by atoms with Crippen LogP contribution >= 0.6 is 0 Å². The standard InChI is InChI=1S/C33H29N3O7S/c1-41-31-14-13-23(44(39,40)36-15-17-42-18-16-36)19-30(31)35-32(37)21-43-33(38)27-20-29(34-28-12-5-4-10-26(27)28)25-11-6-8-22-7-2-3-9-24(22)25/h2-14,19-20H,15-18,21H2,1H3,(H,35,37). The lowest BCUT2D eigenvalue weighted by molar-refractivity contribution is -0.119. The Kier molecular flexibility index (Phi) is 8.25.